The fourth-order valence-corrected chi connectivity index (χ4v) is 3.70. The third-order valence-electron chi connectivity index (χ3n) is 4.58. The van der Waals surface area contributed by atoms with Crippen LogP contribution in [0.3, 0.4) is 0 Å². The van der Waals surface area contributed by atoms with Crippen molar-refractivity contribution in [3.8, 4) is 0 Å². The second-order valence-electron chi connectivity index (χ2n) is 6.20. The van der Waals surface area contributed by atoms with Crippen molar-refractivity contribution >= 4 is 11.6 Å². The molecule has 5 heteroatoms. The fourth-order valence-electron chi connectivity index (χ4n) is 3.57. The Bertz CT molecular complexity index is 472. The molecule has 2 saturated heterocycles. The number of hydrogen-bond donors (Lipinski definition) is 1. The van der Waals surface area contributed by atoms with Crippen molar-refractivity contribution in [3.05, 3.63) is 34.9 Å². The van der Waals surface area contributed by atoms with Gasteiger partial charge in [-0.15, -0.1) is 0 Å². The van der Waals surface area contributed by atoms with Crippen LogP contribution in [0.15, 0.2) is 24.3 Å². The van der Waals surface area contributed by atoms with Crippen LogP contribution in [-0.4, -0.2) is 42.5 Å². The molecule has 0 aliphatic carbocycles. The van der Waals surface area contributed by atoms with E-state index in [1.54, 1.807) is 0 Å². The number of benzene rings is 1. The highest BCUT2D eigenvalue weighted by Crippen LogP contribution is 2.36. The molecule has 0 radical (unpaired) electrons. The van der Waals surface area contributed by atoms with Crippen LogP contribution >= 0.6 is 11.6 Å². The molecular formula is C16H21ClF2N2. The summed E-state index contributed by atoms with van der Waals surface area (Å²) in [5.41, 5.74) is 1.08. The molecule has 3 rings (SSSR count). The van der Waals surface area contributed by atoms with Gasteiger partial charge in [0, 0.05) is 23.5 Å². The maximum absolute atomic E-state index is 13.9. The minimum absolute atomic E-state index is 0.0282. The molecule has 1 aromatic carbocycles. The predicted molar refractivity (Wildman–Crippen MR) is 81.1 cm³/mol. The van der Waals surface area contributed by atoms with E-state index in [1.807, 2.05) is 24.3 Å². The van der Waals surface area contributed by atoms with E-state index in [0.29, 0.717) is 11.4 Å². The quantitative estimate of drug-likeness (QED) is 0.920. The molecule has 2 heterocycles. The van der Waals surface area contributed by atoms with Crippen molar-refractivity contribution in [2.45, 2.75) is 43.7 Å². The van der Waals surface area contributed by atoms with Gasteiger partial charge in [-0.3, -0.25) is 4.90 Å². The lowest BCUT2D eigenvalue weighted by Gasteiger charge is -2.35. The third kappa shape index (κ3) is 3.74. The van der Waals surface area contributed by atoms with Gasteiger partial charge in [-0.2, -0.15) is 0 Å². The second-order valence-corrected chi connectivity index (χ2v) is 6.63. The van der Waals surface area contributed by atoms with Gasteiger partial charge in [0.05, 0.1) is 6.54 Å². The third-order valence-corrected chi connectivity index (χ3v) is 4.83. The number of alkyl halides is 2. The highest BCUT2D eigenvalue weighted by atomic mass is 35.5. The Labute approximate surface area is 129 Å². The molecule has 1 N–H and O–H groups in total. The van der Waals surface area contributed by atoms with Gasteiger partial charge in [-0.05, 0) is 50.0 Å². The van der Waals surface area contributed by atoms with Crippen LogP contribution in [0.4, 0.5) is 8.78 Å². The van der Waals surface area contributed by atoms with Gasteiger partial charge in [-0.1, -0.05) is 23.7 Å². The van der Waals surface area contributed by atoms with Crippen LogP contribution in [-0.2, 0) is 6.42 Å². The first-order valence-electron chi connectivity index (χ1n) is 7.62. The molecular weight excluding hydrogens is 294 g/mol. The topological polar surface area (TPSA) is 15.3 Å². The van der Waals surface area contributed by atoms with Crippen molar-refractivity contribution in [1.29, 1.82) is 0 Å². The largest absolute Gasteiger partial charge is 0.317 e. The molecule has 2 aliphatic rings. The number of likely N-dealkylation sites (tertiary alicyclic amines) is 1. The summed E-state index contributed by atoms with van der Waals surface area (Å²) in [6.07, 6.45) is 2.58. The maximum atomic E-state index is 13.9. The van der Waals surface area contributed by atoms with E-state index in [1.165, 1.54) is 0 Å². The highest BCUT2D eigenvalue weighted by Gasteiger charge is 2.47. The van der Waals surface area contributed by atoms with Crippen LogP contribution in [0.25, 0.3) is 0 Å². The summed E-state index contributed by atoms with van der Waals surface area (Å²) < 4.78 is 27.8. The molecule has 0 bridgehead atoms. The van der Waals surface area contributed by atoms with E-state index in [4.69, 9.17) is 11.6 Å². The summed E-state index contributed by atoms with van der Waals surface area (Å²) in [4.78, 5) is 2.05. The van der Waals surface area contributed by atoms with Crippen LogP contribution in [0.5, 0.6) is 0 Å². The minimum Gasteiger partial charge on any atom is -0.317 e. The summed E-state index contributed by atoms with van der Waals surface area (Å²) in [5.74, 6) is -2.55. The first-order chi connectivity index (χ1) is 10.0. The second kappa shape index (κ2) is 6.19. The summed E-state index contributed by atoms with van der Waals surface area (Å²) in [6, 6.07) is 7.78. The van der Waals surface area contributed by atoms with Gasteiger partial charge >= 0.3 is 0 Å². The van der Waals surface area contributed by atoms with E-state index >= 15 is 0 Å². The monoisotopic (exact) mass is 314 g/mol. The molecule has 2 nitrogen and oxygen atoms in total. The average molecular weight is 315 g/mol. The normalized spacial score (nSPS) is 27.1. The first kappa shape index (κ1) is 15.2. The first-order valence-corrected chi connectivity index (χ1v) is 8.00. The molecule has 2 fully saturated rings. The standard InChI is InChI=1S/C16H21ClF2N2/c17-13-3-1-12(2-4-13)9-15-10-16(18,19)11-21(15)14-5-7-20-8-6-14/h1-4,14-15,20H,5-11H2. The van der Waals surface area contributed by atoms with Gasteiger partial charge in [-0.25, -0.2) is 8.78 Å². The molecule has 116 valence electrons. The van der Waals surface area contributed by atoms with Crippen molar-refractivity contribution < 1.29 is 8.78 Å². The van der Waals surface area contributed by atoms with Crippen LogP contribution in [0, 0.1) is 0 Å². The Kier molecular flexibility index (Phi) is 4.48. The molecule has 0 amide bonds. The molecule has 0 saturated carbocycles. The van der Waals surface area contributed by atoms with Crippen LogP contribution in [0.2, 0.25) is 5.02 Å². The average Bonchev–Trinajstić information content (AvgIpc) is 2.77. The van der Waals surface area contributed by atoms with Gasteiger partial charge in [0.1, 0.15) is 0 Å². The number of hydrogen-bond acceptors (Lipinski definition) is 2. The molecule has 0 spiro atoms. The SMILES string of the molecule is FC1(F)CC(Cc2ccc(Cl)cc2)N(C2CCNCC2)C1. The number of piperidine rings is 1. The Morgan fingerprint density at radius 1 is 1.19 bits per heavy atom. The van der Waals surface area contributed by atoms with Gasteiger partial charge in [0.25, 0.3) is 5.92 Å². The lowest BCUT2D eigenvalue weighted by atomic mass is 9.99. The Morgan fingerprint density at radius 2 is 1.86 bits per heavy atom. The van der Waals surface area contributed by atoms with E-state index < -0.39 is 5.92 Å². The van der Waals surface area contributed by atoms with Gasteiger partial charge in [0.2, 0.25) is 0 Å². The molecule has 1 atom stereocenters. The van der Waals surface area contributed by atoms with E-state index in [9.17, 15) is 8.78 Å². The number of nitrogens with zero attached hydrogens (tertiary/aromatic N) is 1. The molecule has 0 aromatic heterocycles. The van der Waals surface area contributed by atoms with Gasteiger partial charge < -0.3 is 5.32 Å². The predicted octanol–water partition coefficient (Wildman–Crippen LogP) is 3.34. The van der Waals surface area contributed by atoms with Crippen LogP contribution < -0.4 is 5.32 Å². The Hall–Kier alpha value is -0.710. The smallest absolute Gasteiger partial charge is 0.262 e. The fraction of sp³-hybridized carbons (Fsp3) is 0.625. The Morgan fingerprint density at radius 3 is 2.52 bits per heavy atom. The molecule has 1 aromatic rings. The molecule has 1 unspecified atom stereocenters. The molecule has 2 aliphatic heterocycles. The summed E-state index contributed by atoms with van der Waals surface area (Å²) in [7, 11) is 0. The summed E-state index contributed by atoms with van der Waals surface area (Å²) in [5, 5.41) is 3.99. The van der Waals surface area contributed by atoms with E-state index in [2.05, 4.69) is 10.2 Å². The zero-order chi connectivity index (χ0) is 14.9. The van der Waals surface area contributed by atoms with Gasteiger partial charge in [0.15, 0.2) is 0 Å². The summed E-state index contributed by atoms with van der Waals surface area (Å²) >= 11 is 5.89. The zero-order valence-corrected chi connectivity index (χ0v) is 12.8. The zero-order valence-electron chi connectivity index (χ0n) is 12.0. The number of rotatable bonds is 3. The summed E-state index contributed by atoms with van der Waals surface area (Å²) in [6.45, 7) is 1.77. The van der Waals surface area contributed by atoms with Crippen molar-refractivity contribution in [2.75, 3.05) is 19.6 Å². The highest BCUT2D eigenvalue weighted by molar-refractivity contribution is 6.30. The van der Waals surface area contributed by atoms with E-state index in [0.717, 1.165) is 31.5 Å². The van der Waals surface area contributed by atoms with Crippen molar-refractivity contribution in [2.24, 2.45) is 0 Å². The van der Waals surface area contributed by atoms with E-state index in [-0.39, 0.29) is 25.0 Å². The Balaban J connectivity index is 1.72. The van der Waals surface area contributed by atoms with Crippen molar-refractivity contribution in [3.63, 3.8) is 0 Å². The lowest BCUT2D eigenvalue weighted by molar-refractivity contribution is 0.00590. The minimum atomic E-state index is -2.55. The van der Waals surface area contributed by atoms with Crippen molar-refractivity contribution in [1.82, 2.24) is 10.2 Å². The number of halogens is 3. The van der Waals surface area contributed by atoms with Crippen LogP contribution in [0.1, 0.15) is 24.8 Å². The lowest BCUT2D eigenvalue weighted by Crippen LogP contribution is -2.46. The molecule has 21 heavy (non-hydrogen) atoms. The maximum Gasteiger partial charge on any atom is 0.262 e. The number of nitrogens with one attached hydrogen (secondary N) is 1.